The first-order valence-electron chi connectivity index (χ1n) is 5.35. The Kier molecular flexibility index (Phi) is 2.82. The second-order valence-electron chi connectivity index (χ2n) is 4.04. The summed E-state index contributed by atoms with van der Waals surface area (Å²) in [6, 6.07) is 9.07. The van der Waals surface area contributed by atoms with Crippen molar-refractivity contribution in [2.45, 2.75) is 25.7 Å². The molecule has 0 radical (unpaired) electrons. The molecule has 1 aromatic carbocycles. The fraction of sp³-hybridized carbons (Fsp3) is 0.385. The Balaban J connectivity index is 2.21. The standard InChI is InChI=1S/C13H13NO/c14-9-10-4-3-7-12(8-10)13(15)11-5-1-2-6-11/h3-4,7-8,11H,1-2,5-6H2. The lowest BCUT2D eigenvalue weighted by molar-refractivity contribution is 0.0923. The molecule has 0 spiro atoms. The lowest BCUT2D eigenvalue weighted by Crippen LogP contribution is -2.10. The van der Waals surface area contributed by atoms with Gasteiger partial charge in [-0.2, -0.15) is 5.26 Å². The minimum absolute atomic E-state index is 0.193. The maximum atomic E-state index is 12.0. The lowest BCUT2D eigenvalue weighted by Gasteiger charge is -2.07. The number of hydrogen-bond donors (Lipinski definition) is 0. The molecule has 0 amide bonds. The van der Waals surface area contributed by atoms with Crippen LogP contribution in [-0.2, 0) is 0 Å². The molecule has 1 fully saturated rings. The van der Waals surface area contributed by atoms with E-state index in [1.54, 1.807) is 18.2 Å². The van der Waals surface area contributed by atoms with Crippen molar-refractivity contribution < 1.29 is 4.79 Å². The number of carbonyl (C=O) groups is 1. The summed E-state index contributed by atoms with van der Waals surface area (Å²) >= 11 is 0. The molecular formula is C13H13NO. The molecule has 0 N–H and O–H groups in total. The monoisotopic (exact) mass is 199 g/mol. The lowest BCUT2D eigenvalue weighted by atomic mass is 9.95. The summed E-state index contributed by atoms with van der Waals surface area (Å²) in [7, 11) is 0. The average molecular weight is 199 g/mol. The van der Waals surface area contributed by atoms with E-state index in [0.717, 1.165) is 25.7 Å². The Morgan fingerprint density at radius 3 is 2.73 bits per heavy atom. The number of ketones is 1. The van der Waals surface area contributed by atoms with Gasteiger partial charge < -0.3 is 0 Å². The second-order valence-corrected chi connectivity index (χ2v) is 4.04. The van der Waals surface area contributed by atoms with Crippen LogP contribution in [0.25, 0.3) is 0 Å². The second kappa shape index (κ2) is 4.27. The number of nitrogens with zero attached hydrogens (tertiary/aromatic N) is 1. The Morgan fingerprint density at radius 2 is 2.07 bits per heavy atom. The zero-order chi connectivity index (χ0) is 10.7. The van der Waals surface area contributed by atoms with Gasteiger partial charge in [0.05, 0.1) is 11.6 Å². The Labute approximate surface area is 89.5 Å². The first-order valence-corrected chi connectivity index (χ1v) is 5.35. The summed E-state index contributed by atoms with van der Waals surface area (Å²) in [4.78, 5) is 12.0. The van der Waals surface area contributed by atoms with Gasteiger partial charge >= 0.3 is 0 Å². The largest absolute Gasteiger partial charge is 0.294 e. The fourth-order valence-corrected chi connectivity index (χ4v) is 2.17. The van der Waals surface area contributed by atoms with Crippen molar-refractivity contribution in [3.8, 4) is 6.07 Å². The maximum absolute atomic E-state index is 12.0. The SMILES string of the molecule is N#Cc1cccc(C(=O)C2CCCC2)c1. The summed E-state index contributed by atoms with van der Waals surface area (Å²) in [5, 5.41) is 8.75. The summed E-state index contributed by atoms with van der Waals surface area (Å²) in [5.41, 5.74) is 1.26. The predicted octanol–water partition coefficient (Wildman–Crippen LogP) is 2.93. The van der Waals surface area contributed by atoms with Gasteiger partial charge in [0.15, 0.2) is 5.78 Å². The van der Waals surface area contributed by atoms with Crippen LogP contribution < -0.4 is 0 Å². The number of rotatable bonds is 2. The highest BCUT2D eigenvalue weighted by molar-refractivity contribution is 5.98. The molecular weight excluding hydrogens is 186 g/mol. The van der Waals surface area contributed by atoms with E-state index in [4.69, 9.17) is 5.26 Å². The van der Waals surface area contributed by atoms with Gasteiger partial charge in [0, 0.05) is 11.5 Å². The van der Waals surface area contributed by atoms with E-state index in [1.807, 2.05) is 6.07 Å². The van der Waals surface area contributed by atoms with Gasteiger partial charge in [-0.1, -0.05) is 25.0 Å². The Morgan fingerprint density at radius 1 is 1.33 bits per heavy atom. The molecule has 2 nitrogen and oxygen atoms in total. The molecule has 0 heterocycles. The third-order valence-electron chi connectivity index (χ3n) is 3.00. The van der Waals surface area contributed by atoms with E-state index in [1.165, 1.54) is 0 Å². The molecule has 0 bridgehead atoms. The van der Waals surface area contributed by atoms with E-state index in [-0.39, 0.29) is 11.7 Å². The number of nitriles is 1. The zero-order valence-electron chi connectivity index (χ0n) is 8.57. The number of carbonyl (C=O) groups excluding carboxylic acids is 1. The highest BCUT2D eigenvalue weighted by atomic mass is 16.1. The minimum atomic E-state index is 0.193. The summed E-state index contributed by atoms with van der Waals surface area (Å²) in [6.45, 7) is 0. The van der Waals surface area contributed by atoms with E-state index in [9.17, 15) is 4.79 Å². The quantitative estimate of drug-likeness (QED) is 0.687. The highest BCUT2D eigenvalue weighted by Crippen LogP contribution is 2.28. The van der Waals surface area contributed by atoms with E-state index >= 15 is 0 Å². The normalized spacial score (nSPS) is 16.2. The molecule has 0 atom stereocenters. The van der Waals surface area contributed by atoms with Crippen molar-refractivity contribution >= 4 is 5.78 Å². The van der Waals surface area contributed by atoms with Crippen LogP contribution in [0.15, 0.2) is 24.3 Å². The number of hydrogen-bond acceptors (Lipinski definition) is 2. The molecule has 0 aromatic heterocycles. The Bertz CT molecular complexity index is 411. The molecule has 1 aliphatic rings. The van der Waals surface area contributed by atoms with E-state index in [0.29, 0.717) is 11.1 Å². The van der Waals surface area contributed by atoms with Gasteiger partial charge in [-0.25, -0.2) is 0 Å². The maximum Gasteiger partial charge on any atom is 0.165 e. The minimum Gasteiger partial charge on any atom is -0.294 e. The predicted molar refractivity (Wildman–Crippen MR) is 57.4 cm³/mol. The molecule has 2 heteroatoms. The first-order chi connectivity index (χ1) is 7.31. The van der Waals surface area contributed by atoms with Crippen LogP contribution in [-0.4, -0.2) is 5.78 Å². The molecule has 0 unspecified atom stereocenters. The smallest absolute Gasteiger partial charge is 0.165 e. The summed E-state index contributed by atoms with van der Waals surface area (Å²) < 4.78 is 0. The molecule has 1 aromatic rings. The van der Waals surface area contributed by atoms with Crippen LogP contribution in [0.1, 0.15) is 41.6 Å². The van der Waals surface area contributed by atoms with E-state index < -0.39 is 0 Å². The van der Waals surface area contributed by atoms with Crippen LogP contribution in [0.3, 0.4) is 0 Å². The van der Waals surface area contributed by atoms with Gasteiger partial charge in [0.2, 0.25) is 0 Å². The average Bonchev–Trinajstić information content (AvgIpc) is 2.81. The van der Waals surface area contributed by atoms with Crippen molar-refractivity contribution in [1.29, 1.82) is 5.26 Å². The van der Waals surface area contributed by atoms with Gasteiger partial charge in [-0.15, -0.1) is 0 Å². The molecule has 15 heavy (non-hydrogen) atoms. The third kappa shape index (κ3) is 2.07. The Hall–Kier alpha value is -1.62. The molecule has 1 saturated carbocycles. The van der Waals surface area contributed by atoms with Crippen molar-refractivity contribution in [1.82, 2.24) is 0 Å². The van der Waals surface area contributed by atoms with Crippen LogP contribution in [0.4, 0.5) is 0 Å². The zero-order valence-corrected chi connectivity index (χ0v) is 8.57. The van der Waals surface area contributed by atoms with Crippen molar-refractivity contribution in [2.24, 2.45) is 5.92 Å². The van der Waals surface area contributed by atoms with Crippen molar-refractivity contribution in [2.75, 3.05) is 0 Å². The van der Waals surface area contributed by atoms with Gasteiger partial charge in [-0.05, 0) is 25.0 Å². The molecule has 76 valence electrons. The van der Waals surface area contributed by atoms with Crippen LogP contribution in [0.2, 0.25) is 0 Å². The third-order valence-corrected chi connectivity index (χ3v) is 3.00. The number of Topliss-reactive ketones (excluding diaryl/α,β-unsaturated/α-hetero) is 1. The van der Waals surface area contributed by atoms with Gasteiger partial charge in [-0.3, -0.25) is 4.79 Å². The first kappa shape index (κ1) is 9.92. The summed E-state index contributed by atoms with van der Waals surface area (Å²) in [6.07, 6.45) is 4.34. The molecule has 1 aliphatic carbocycles. The number of benzene rings is 1. The fourth-order valence-electron chi connectivity index (χ4n) is 2.17. The highest BCUT2D eigenvalue weighted by Gasteiger charge is 2.23. The van der Waals surface area contributed by atoms with Crippen molar-refractivity contribution in [3.05, 3.63) is 35.4 Å². The van der Waals surface area contributed by atoms with Crippen LogP contribution in [0.5, 0.6) is 0 Å². The van der Waals surface area contributed by atoms with Gasteiger partial charge in [0.25, 0.3) is 0 Å². The van der Waals surface area contributed by atoms with Gasteiger partial charge in [0.1, 0.15) is 0 Å². The van der Waals surface area contributed by atoms with Crippen LogP contribution >= 0.6 is 0 Å². The van der Waals surface area contributed by atoms with E-state index in [2.05, 4.69) is 6.07 Å². The summed E-state index contributed by atoms with van der Waals surface area (Å²) in [5.74, 6) is 0.406. The van der Waals surface area contributed by atoms with Crippen LogP contribution in [0, 0.1) is 17.2 Å². The molecule has 2 rings (SSSR count). The molecule has 0 aliphatic heterocycles. The van der Waals surface area contributed by atoms with Crippen molar-refractivity contribution in [3.63, 3.8) is 0 Å². The molecule has 0 saturated heterocycles. The topological polar surface area (TPSA) is 40.9 Å².